The Morgan fingerprint density at radius 1 is 1.08 bits per heavy atom. The van der Waals surface area contributed by atoms with Gasteiger partial charge in [-0.3, -0.25) is 0 Å². The van der Waals surface area contributed by atoms with Crippen molar-refractivity contribution in [3.05, 3.63) is 88.4 Å². The predicted molar refractivity (Wildman–Crippen MR) is 140 cm³/mol. The molecule has 2 aromatic heterocycles. The summed E-state index contributed by atoms with van der Waals surface area (Å²) in [5.74, 6) is -4.04. The summed E-state index contributed by atoms with van der Waals surface area (Å²) in [6.45, 7) is 0.619. The smallest absolute Gasteiger partial charge is 0.338 e. The monoisotopic (exact) mass is 554 g/mol. The number of benzene rings is 2. The first-order chi connectivity index (χ1) is 18.3. The molecular weight excluding hydrogens is 531 g/mol. The Hall–Kier alpha value is -3.38. The molecule has 196 valence electrons. The topological polar surface area (TPSA) is 108 Å². The van der Waals surface area contributed by atoms with Gasteiger partial charge in [-0.1, -0.05) is 36.4 Å². The van der Waals surface area contributed by atoms with Crippen LogP contribution in [0.4, 0.5) is 4.39 Å². The molecule has 2 aromatic carbocycles. The van der Waals surface area contributed by atoms with Gasteiger partial charge in [0.05, 0.1) is 21.5 Å². The number of fused-ring (bicyclic) bond motifs is 1. The van der Waals surface area contributed by atoms with Crippen LogP contribution in [0.25, 0.3) is 10.9 Å². The van der Waals surface area contributed by atoms with Crippen LogP contribution < -0.4 is 0 Å². The average Bonchev–Trinajstić information content (AvgIpc) is 3.46. The molecule has 0 radical (unpaired) electrons. The molecule has 0 bridgehead atoms. The fourth-order valence-electron chi connectivity index (χ4n) is 4.34. The van der Waals surface area contributed by atoms with Crippen LogP contribution in [0.2, 0.25) is 0 Å². The average molecular weight is 555 g/mol. The number of thioether (sulfide) groups is 1. The minimum absolute atomic E-state index is 0.0906. The van der Waals surface area contributed by atoms with Gasteiger partial charge in [0.1, 0.15) is 24.1 Å². The second-order valence-electron chi connectivity index (χ2n) is 8.74. The van der Waals surface area contributed by atoms with Crippen molar-refractivity contribution < 1.29 is 33.3 Å². The molecule has 0 aliphatic carbocycles. The molecule has 1 aliphatic heterocycles. The van der Waals surface area contributed by atoms with E-state index in [1.165, 1.54) is 30.2 Å². The first kappa shape index (κ1) is 26.2. The van der Waals surface area contributed by atoms with Crippen LogP contribution in [0.3, 0.4) is 0 Å². The van der Waals surface area contributed by atoms with Crippen molar-refractivity contribution in [3.63, 3.8) is 0 Å². The van der Waals surface area contributed by atoms with Crippen LogP contribution in [0.15, 0.2) is 77.4 Å². The molecule has 0 amide bonds. The van der Waals surface area contributed by atoms with E-state index in [1.54, 1.807) is 53.9 Å². The number of aromatic nitrogens is 2. The molecule has 1 aliphatic rings. The molecule has 5 rings (SSSR count). The number of esters is 2. The van der Waals surface area contributed by atoms with Crippen LogP contribution in [-0.4, -0.2) is 57.8 Å². The van der Waals surface area contributed by atoms with Gasteiger partial charge in [-0.15, -0.1) is 23.1 Å². The minimum Gasteiger partial charge on any atom is -0.459 e. The highest BCUT2D eigenvalue weighted by Crippen LogP contribution is 2.52. The molecule has 1 fully saturated rings. The molecule has 4 atom stereocenters. The Bertz CT molecular complexity index is 1470. The molecule has 1 unspecified atom stereocenters. The number of carbonyl (C=O) groups excluding carboxylic acids is 2. The first-order valence-corrected chi connectivity index (χ1v) is 13.7. The number of hydrogen-bond donors (Lipinski definition) is 1. The number of halogens is 1. The van der Waals surface area contributed by atoms with Crippen molar-refractivity contribution in [3.8, 4) is 0 Å². The Morgan fingerprint density at radius 3 is 2.34 bits per heavy atom. The third-order valence-electron chi connectivity index (χ3n) is 6.35. The van der Waals surface area contributed by atoms with Crippen LogP contribution in [-0.2, 0) is 20.0 Å². The lowest BCUT2D eigenvalue weighted by Crippen LogP contribution is -2.50. The van der Waals surface area contributed by atoms with E-state index in [-0.39, 0.29) is 16.0 Å². The third kappa shape index (κ3) is 4.55. The van der Waals surface area contributed by atoms with Gasteiger partial charge in [0.25, 0.3) is 0 Å². The van der Waals surface area contributed by atoms with Gasteiger partial charge in [-0.2, -0.15) is 0 Å². The zero-order chi connectivity index (χ0) is 26.9. The van der Waals surface area contributed by atoms with E-state index in [0.717, 1.165) is 18.3 Å². The number of carbonyl (C=O) groups is 2. The fraction of sp³-hybridized carbons (Fsp3) is 0.259. The lowest BCUT2D eigenvalue weighted by Gasteiger charge is -2.32. The van der Waals surface area contributed by atoms with E-state index in [0.29, 0.717) is 15.9 Å². The van der Waals surface area contributed by atoms with Crippen molar-refractivity contribution in [2.45, 2.75) is 35.6 Å². The molecule has 38 heavy (non-hydrogen) atoms. The van der Waals surface area contributed by atoms with Crippen molar-refractivity contribution in [2.24, 2.45) is 0 Å². The lowest BCUT2D eigenvalue weighted by molar-refractivity contribution is -0.250. The number of aliphatic hydroxyl groups is 1. The number of rotatable bonds is 7. The summed E-state index contributed by atoms with van der Waals surface area (Å²) in [6.07, 6.45) is 0.219. The highest BCUT2D eigenvalue weighted by molar-refractivity contribution is 7.98. The molecule has 0 spiro atoms. The molecule has 3 heterocycles. The number of ether oxygens (including phenoxy) is 3. The Balaban J connectivity index is 1.50. The lowest BCUT2D eigenvalue weighted by atomic mass is 9.90. The zero-order valence-corrected chi connectivity index (χ0v) is 22.0. The van der Waals surface area contributed by atoms with E-state index in [4.69, 9.17) is 14.2 Å². The summed E-state index contributed by atoms with van der Waals surface area (Å²) in [7, 11) is 0. The van der Waals surface area contributed by atoms with Gasteiger partial charge >= 0.3 is 11.9 Å². The maximum atomic E-state index is 16.7. The molecule has 11 heteroatoms. The van der Waals surface area contributed by atoms with Crippen molar-refractivity contribution >= 4 is 45.9 Å². The summed E-state index contributed by atoms with van der Waals surface area (Å²) in [5, 5.41) is 14.8. The second kappa shape index (κ2) is 10.4. The van der Waals surface area contributed by atoms with Crippen LogP contribution in [0, 0.1) is 0 Å². The van der Waals surface area contributed by atoms with E-state index in [2.05, 4.69) is 9.97 Å². The molecular formula is C27H23FN2O6S2. The molecule has 4 aromatic rings. The molecule has 1 saturated heterocycles. The standard InChI is InChI=1S/C27H23FN2O6S2/c1-26(28)21(35-25(32)17-11-7-4-8-12-17)19(13-34-24(31)16-9-5-3-6-10-16)36-27(26,33)22-20-18(14-38-22)23(37-2)30-15-29-20/h3-12,14-15,19,21,33H,13H2,1-2H3/t19-,21-,26-,27?/m1/s1. The quantitative estimate of drug-likeness (QED) is 0.196. The minimum atomic E-state index is -2.65. The van der Waals surface area contributed by atoms with Gasteiger partial charge in [0, 0.05) is 10.8 Å². The van der Waals surface area contributed by atoms with Gasteiger partial charge in [-0.05, 0) is 37.4 Å². The normalized spacial score (nSPS) is 24.8. The molecule has 8 nitrogen and oxygen atoms in total. The van der Waals surface area contributed by atoms with Gasteiger partial charge in [0.15, 0.2) is 6.10 Å². The van der Waals surface area contributed by atoms with E-state index >= 15 is 4.39 Å². The second-order valence-corrected chi connectivity index (χ2v) is 10.4. The van der Waals surface area contributed by atoms with Gasteiger partial charge < -0.3 is 19.3 Å². The summed E-state index contributed by atoms with van der Waals surface area (Å²) >= 11 is 2.43. The molecule has 1 N–H and O–H groups in total. The Labute approximate surface area is 225 Å². The number of thiophene rings is 1. The first-order valence-electron chi connectivity index (χ1n) is 11.6. The summed E-state index contributed by atoms with van der Waals surface area (Å²) in [4.78, 5) is 34.1. The van der Waals surface area contributed by atoms with Gasteiger partial charge in [-0.25, -0.2) is 23.9 Å². The number of alkyl halides is 1. The summed E-state index contributed by atoms with van der Waals surface area (Å²) in [5.41, 5.74) is -1.86. The van der Waals surface area contributed by atoms with Crippen molar-refractivity contribution in [1.82, 2.24) is 9.97 Å². The van der Waals surface area contributed by atoms with Crippen LogP contribution >= 0.6 is 23.1 Å². The highest BCUT2D eigenvalue weighted by Gasteiger charge is 2.68. The fourth-order valence-corrected chi connectivity index (χ4v) is 6.08. The number of nitrogens with zero attached hydrogens (tertiary/aromatic N) is 2. The van der Waals surface area contributed by atoms with E-state index in [9.17, 15) is 14.7 Å². The van der Waals surface area contributed by atoms with E-state index < -0.39 is 42.2 Å². The SMILES string of the molecule is CSc1ncnc2c(C3(O)O[C@H](COC(=O)c4ccccc4)[C@@H](OC(=O)c4ccccc4)[C@@]3(C)F)scc12. The van der Waals surface area contributed by atoms with Crippen LogP contribution in [0.1, 0.15) is 32.5 Å². The Morgan fingerprint density at radius 2 is 1.71 bits per heavy atom. The largest absolute Gasteiger partial charge is 0.459 e. The Kier molecular flexibility index (Phi) is 7.19. The molecule has 0 saturated carbocycles. The zero-order valence-electron chi connectivity index (χ0n) is 20.4. The van der Waals surface area contributed by atoms with Crippen LogP contribution in [0.5, 0.6) is 0 Å². The maximum Gasteiger partial charge on any atom is 0.338 e. The van der Waals surface area contributed by atoms with Crippen molar-refractivity contribution in [2.75, 3.05) is 12.9 Å². The third-order valence-corrected chi connectivity index (χ3v) is 8.12. The summed E-state index contributed by atoms with van der Waals surface area (Å²) in [6, 6.07) is 16.3. The predicted octanol–water partition coefficient (Wildman–Crippen LogP) is 4.77. The maximum absolute atomic E-state index is 16.7. The number of hydrogen-bond acceptors (Lipinski definition) is 10. The van der Waals surface area contributed by atoms with E-state index in [1.807, 2.05) is 6.26 Å². The highest BCUT2D eigenvalue weighted by atomic mass is 32.2. The van der Waals surface area contributed by atoms with Gasteiger partial charge in [0.2, 0.25) is 11.5 Å². The van der Waals surface area contributed by atoms with Crippen molar-refractivity contribution in [1.29, 1.82) is 0 Å². The summed E-state index contributed by atoms with van der Waals surface area (Å²) < 4.78 is 33.6.